The molecule has 1 aliphatic heterocycles. The van der Waals surface area contributed by atoms with Gasteiger partial charge in [-0.1, -0.05) is 36.4 Å². The molecule has 2 N–H and O–H groups in total. The van der Waals surface area contributed by atoms with Crippen molar-refractivity contribution in [3.8, 4) is 11.1 Å². The maximum Gasteiger partial charge on any atom is 0.328 e. The van der Waals surface area contributed by atoms with E-state index in [4.69, 9.17) is 15.2 Å². The summed E-state index contributed by atoms with van der Waals surface area (Å²) in [5, 5.41) is 0. The number of likely N-dealkylation sites (tertiary alicyclic amines) is 1. The van der Waals surface area contributed by atoms with Gasteiger partial charge in [0.1, 0.15) is 12.1 Å². The molecule has 0 radical (unpaired) electrons. The minimum absolute atomic E-state index is 0. The summed E-state index contributed by atoms with van der Waals surface area (Å²) >= 11 is 0. The van der Waals surface area contributed by atoms with Crippen molar-refractivity contribution in [2.75, 3.05) is 13.2 Å². The van der Waals surface area contributed by atoms with Gasteiger partial charge in [0.15, 0.2) is 0 Å². The number of benzene rings is 2. The van der Waals surface area contributed by atoms with Crippen LogP contribution in [-0.2, 0) is 25.6 Å². The molecular formula is C24H29ClN2O5. The van der Waals surface area contributed by atoms with E-state index >= 15 is 0 Å². The average molecular weight is 461 g/mol. The van der Waals surface area contributed by atoms with Crippen LogP contribution in [0.4, 0.5) is 0 Å². The topological polar surface area (TPSA) is 98.9 Å². The molecule has 7 nitrogen and oxygen atoms in total. The third-order valence-corrected chi connectivity index (χ3v) is 5.37. The molecule has 2 aromatic carbocycles. The van der Waals surface area contributed by atoms with E-state index in [1.807, 2.05) is 30.3 Å². The highest BCUT2D eigenvalue weighted by Gasteiger charge is 2.46. The summed E-state index contributed by atoms with van der Waals surface area (Å²) < 4.78 is 10.3. The standard InChI is InChI=1S/C24H28N2O5.ClH/c1-3-30-23(28)20-12-13-21(24(29)31-4-2)26(20)22(27)19-7-5-6-18(14-19)17-10-8-16(15-25)9-11-17;/h5-11,14,20-21H,3-4,12-13,15,25H2,1-2H3;1H. The summed E-state index contributed by atoms with van der Waals surface area (Å²) in [7, 11) is 0. The van der Waals surface area contributed by atoms with Crippen LogP contribution in [0.1, 0.15) is 42.6 Å². The second-order valence-electron chi connectivity index (χ2n) is 7.31. The van der Waals surface area contributed by atoms with Crippen molar-refractivity contribution in [2.45, 2.75) is 45.3 Å². The Balaban J connectivity index is 0.00000363. The van der Waals surface area contributed by atoms with Crippen molar-refractivity contribution in [1.82, 2.24) is 4.90 Å². The molecule has 1 aliphatic rings. The van der Waals surface area contributed by atoms with Crippen molar-refractivity contribution >= 4 is 30.3 Å². The molecule has 172 valence electrons. The lowest BCUT2D eigenvalue weighted by atomic mass is 10.0. The molecule has 2 unspecified atom stereocenters. The first-order chi connectivity index (χ1) is 15.0. The predicted octanol–water partition coefficient (Wildman–Crippen LogP) is 3.33. The van der Waals surface area contributed by atoms with Crippen LogP contribution < -0.4 is 5.73 Å². The fraction of sp³-hybridized carbons (Fsp3) is 0.375. The lowest BCUT2D eigenvalue weighted by Gasteiger charge is -2.28. The summed E-state index contributed by atoms with van der Waals surface area (Å²) in [5.41, 5.74) is 8.87. The van der Waals surface area contributed by atoms with E-state index in [9.17, 15) is 14.4 Å². The van der Waals surface area contributed by atoms with Gasteiger partial charge in [0.25, 0.3) is 5.91 Å². The number of hydrogen-bond donors (Lipinski definition) is 1. The number of nitrogens with two attached hydrogens (primary N) is 1. The smallest absolute Gasteiger partial charge is 0.328 e. The normalized spacial score (nSPS) is 17.4. The molecule has 1 heterocycles. The van der Waals surface area contributed by atoms with Gasteiger partial charge in [-0.2, -0.15) is 0 Å². The van der Waals surface area contributed by atoms with Crippen LogP contribution in [-0.4, -0.2) is 48.0 Å². The van der Waals surface area contributed by atoms with Crippen LogP contribution in [0.5, 0.6) is 0 Å². The Hall–Kier alpha value is -2.90. The molecule has 0 aliphatic carbocycles. The minimum atomic E-state index is -0.811. The highest BCUT2D eigenvalue weighted by atomic mass is 35.5. The van der Waals surface area contributed by atoms with Crippen molar-refractivity contribution in [1.29, 1.82) is 0 Å². The lowest BCUT2D eigenvalue weighted by molar-refractivity contribution is -0.151. The number of nitrogens with zero attached hydrogens (tertiary/aromatic N) is 1. The Morgan fingerprint density at radius 2 is 1.47 bits per heavy atom. The maximum atomic E-state index is 13.5. The molecule has 1 amide bonds. The van der Waals surface area contributed by atoms with E-state index in [-0.39, 0.29) is 25.6 Å². The van der Waals surface area contributed by atoms with E-state index in [0.29, 0.717) is 24.9 Å². The highest BCUT2D eigenvalue weighted by molar-refractivity contribution is 6.00. The number of ether oxygens (including phenoxy) is 2. The van der Waals surface area contributed by atoms with Crippen LogP contribution in [0.2, 0.25) is 0 Å². The maximum absolute atomic E-state index is 13.5. The zero-order valence-electron chi connectivity index (χ0n) is 18.3. The first-order valence-electron chi connectivity index (χ1n) is 10.6. The quantitative estimate of drug-likeness (QED) is 0.636. The number of amides is 1. The van der Waals surface area contributed by atoms with Crippen LogP contribution in [0.15, 0.2) is 48.5 Å². The first-order valence-corrected chi connectivity index (χ1v) is 10.6. The molecule has 0 bridgehead atoms. The number of halogens is 1. The highest BCUT2D eigenvalue weighted by Crippen LogP contribution is 2.29. The third kappa shape index (κ3) is 5.47. The van der Waals surface area contributed by atoms with Gasteiger partial charge in [0, 0.05) is 12.1 Å². The molecule has 3 rings (SSSR count). The van der Waals surface area contributed by atoms with Gasteiger partial charge in [-0.15, -0.1) is 12.4 Å². The molecule has 1 fully saturated rings. The SMILES string of the molecule is CCOC(=O)C1CCC(C(=O)OCC)N1C(=O)c1cccc(-c2ccc(CN)cc2)c1.Cl. The Morgan fingerprint density at radius 1 is 0.906 bits per heavy atom. The monoisotopic (exact) mass is 460 g/mol. The molecule has 0 aromatic heterocycles. The molecule has 2 atom stereocenters. The van der Waals surface area contributed by atoms with E-state index in [1.165, 1.54) is 4.90 Å². The third-order valence-electron chi connectivity index (χ3n) is 5.37. The van der Waals surface area contributed by atoms with Gasteiger partial charge < -0.3 is 20.1 Å². The van der Waals surface area contributed by atoms with Crippen LogP contribution >= 0.6 is 12.4 Å². The van der Waals surface area contributed by atoms with Gasteiger partial charge in [-0.25, -0.2) is 9.59 Å². The second kappa shape index (κ2) is 11.6. The Morgan fingerprint density at radius 3 is 1.97 bits per heavy atom. The van der Waals surface area contributed by atoms with Crippen molar-refractivity contribution in [3.63, 3.8) is 0 Å². The lowest BCUT2D eigenvalue weighted by Crippen LogP contribution is -2.48. The molecule has 0 spiro atoms. The van der Waals surface area contributed by atoms with E-state index < -0.39 is 29.9 Å². The summed E-state index contributed by atoms with van der Waals surface area (Å²) in [5.74, 6) is -1.40. The van der Waals surface area contributed by atoms with Crippen molar-refractivity contribution in [2.24, 2.45) is 5.73 Å². The summed E-state index contributed by atoms with van der Waals surface area (Å²) in [6.07, 6.45) is 0.711. The van der Waals surface area contributed by atoms with E-state index in [2.05, 4.69) is 0 Å². The van der Waals surface area contributed by atoms with Gasteiger partial charge in [-0.3, -0.25) is 4.79 Å². The van der Waals surface area contributed by atoms with Gasteiger partial charge >= 0.3 is 11.9 Å². The number of hydrogen-bond acceptors (Lipinski definition) is 6. The minimum Gasteiger partial charge on any atom is -0.464 e. The number of carbonyl (C=O) groups is 3. The van der Waals surface area contributed by atoms with Crippen LogP contribution in [0.3, 0.4) is 0 Å². The molecule has 8 heteroatoms. The molecule has 2 aromatic rings. The zero-order valence-corrected chi connectivity index (χ0v) is 19.1. The molecule has 0 saturated carbocycles. The first kappa shape index (κ1) is 25.4. The van der Waals surface area contributed by atoms with Crippen LogP contribution in [0.25, 0.3) is 11.1 Å². The summed E-state index contributed by atoms with van der Waals surface area (Å²) in [6, 6.07) is 13.3. The van der Waals surface area contributed by atoms with Crippen molar-refractivity contribution < 1.29 is 23.9 Å². The zero-order chi connectivity index (χ0) is 22.4. The number of rotatable bonds is 7. The van der Waals surface area contributed by atoms with Crippen molar-refractivity contribution in [3.05, 3.63) is 59.7 Å². The predicted molar refractivity (Wildman–Crippen MR) is 123 cm³/mol. The molecular weight excluding hydrogens is 432 g/mol. The second-order valence-corrected chi connectivity index (χ2v) is 7.31. The Bertz CT molecular complexity index is 922. The number of esters is 2. The van der Waals surface area contributed by atoms with Gasteiger partial charge in [0.2, 0.25) is 0 Å². The van der Waals surface area contributed by atoms with E-state index in [1.54, 1.807) is 32.0 Å². The fourth-order valence-corrected chi connectivity index (χ4v) is 3.85. The van der Waals surface area contributed by atoms with Gasteiger partial charge in [-0.05, 0) is 55.5 Å². The Kier molecular flexibility index (Phi) is 9.23. The average Bonchev–Trinajstić information content (AvgIpc) is 3.24. The largest absolute Gasteiger partial charge is 0.464 e. The summed E-state index contributed by atoms with van der Waals surface area (Å²) in [6.45, 7) is 4.28. The fourth-order valence-electron chi connectivity index (χ4n) is 3.85. The molecule has 1 saturated heterocycles. The summed E-state index contributed by atoms with van der Waals surface area (Å²) in [4.78, 5) is 39.8. The Labute approximate surface area is 194 Å². The number of carbonyl (C=O) groups excluding carboxylic acids is 3. The van der Waals surface area contributed by atoms with Crippen LogP contribution in [0, 0.1) is 0 Å². The van der Waals surface area contributed by atoms with E-state index in [0.717, 1.165) is 16.7 Å². The molecule has 32 heavy (non-hydrogen) atoms. The van der Waals surface area contributed by atoms with Gasteiger partial charge in [0.05, 0.1) is 13.2 Å².